The third-order valence-electron chi connectivity index (χ3n) is 3.05. The zero-order valence-corrected chi connectivity index (χ0v) is 13.5. The predicted octanol–water partition coefficient (Wildman–Crippen LogP) is 3.01. The average Bonchev–Trinajstić information content (AvgIpc) is 2.46. The summed E-state index contributed by atoms with van der Waals surface area (Å²) in [4.78, 5) is -0.152. The van der Waals surface area contributed by atoms with Crippen LogP contribution in [0.2, 0.25) is 0 Å². The second-order valence-electron chi connectivity index (χ2n) is 4.38. The standard InChI is InChI=1S/C14H13ClO4S2/c1-2-11-8-9-13(10-14(11)21(15,18)19)20(16,17)12-6-4-3-5-7-12/h3-10H,2H2,1H3. The highest BCUT2D eigenvalue weighted by atomic mass is 35.7. The van der Waals surface area contributed by atoms with Gasteiger partial charge in [-0.3, -0.25) is 0 Å². The number of benzene rings is 2. The van der Waals surface area contributed by atoms with Gasteiger partial charge < -0.3 is 0 Å². The molecule has 4 nitrogen and oxygen atoms in total. The molecule has 7 heteroatoms. The van der Waals surface area contributed by atoms with Gasteiger partial charge >= 0.3 is 0 Å². The molecule has 2 aromatic rings. The summed E-state index contributed by atoms with van der Waals surface area (Å²) in [5, 5.41) is 0. The van der Waals surface area contributed by atoms with E-state index in [2.05, 4.69) is 0 Å². The lowest BCUT2D eigenvalue weighted by molar-refractivity contribution is 0.595. The molecule has 0 bridgehead atoms. The molecular weight excluding hydrogens is 332 g/mol. The molecule has 0 saturated carbocycles. The Hall–Kier alpha value is -1.37. The Morgan fingerprint density at radius 1 is 0.905 bits per heavy atom. The van der Waals surface area contributed by atoms with E-state index in [1.54, 1.807) is 25.1 Å². The third-order valence-corrected chi connectivity index (χ3v) is 6.22. The van der Waals surface area contributed by atoms with Crippen LogP contribution in [0.25, 0.3) is 0 Å². The molecule has 0 atom stereocenters. The summed E-state index contributed by atoms with van der Waals surface area (Å²) < 4.78 is 48.1. The number of rotatable bonds is 4. The van der Waals surface area contributed by atoms with Gasteiger partial charge in [-0.25, -0.2) is 16.8 Å². The zero-order chi connectivity index (χ0) is 15.7. The van der Waals surface area contributed by atoms with Crippen LogP contribution in [0.15, 0.2) is 63.2 Å². The summed E-state index contributed by atoms with van der Waals surface area (Å²) in [6.45, 7) is 1.77. The van der Waals surface area contributed by atoms with Crippen LogP contribution in [0, 0.1) is 0 Å². The van der Waals surface area contributed by atoms with Crippen molar-refractivity contribution in [2.45, 2.75) is 28.0 Å². The van der Waals surface area contributed by atoms with Crippen LogP contribution >= 0.6 is 10.7 Å². The van der Waals surface area contributed by atoms with E-state index in [1.165, 1.54) is 24.3 Å². The maximum Gasteiger partial charge on any atom is 0.261 e. The fraction of sp³-hybridized carbons (Fsp3) is 0.143. The largest absolute Gasteiger partial charge is 0.261 e. The van der Waals surface area contributed by atoms with Crippen LogP contribution < -0.4 is 0 Å². The first-order valence-corrected chi connectivity index (χ1v) is 9.94. The normalized spacial score (nSPS) is 12.3. The monoisotopic (exact) mass is 344 g/mol. The molecule has 0 aliphatic carbocycles. The van der Waals surface area contributed by atoms with Gasteiger partial charge in [0.05, 0.1) is 14.7 Å². The lowest BCUT2D eigenvalue weighted by Crippen LogP contribution is -2.05. The molecule has 0 amide bonds. The summed E-state index contributed by atoms with van der Waals surface area (Å²) in [5.74, 6) is 0. The number of halogens is 1. The van der Waals surface area contributed by atoms with Crippen LogP contribution in [0.3, 0.4) is 0 Å². The highest BCUT2D eigenvalue weighted by Crippen LogP contribution is 2.27. The lowest BCUT2D eigenvalue weighted by atomic mass is 10.2. The van der Waals surface area contributed by atoms with Gasteiger partial charge in [0.25, 0.3) is 9.05 Å². The molecule has 0 N–H and O–H groups in total. The van der Waals surface area contributed by atoms with Crippen molar-refractivity contribution in [1.82, 2.24) is 0 Å². The Kier molecular flexibility index (Phi) is 4.41. The Balaban J connectivity index is 2.67. The van der Waals surface area contributed by atoms with Crippen LogP contribution in [0.4, 0.5) is 0 Å². The Morgan fingerprint density at radius 3 is 2.05 bits per heavy atom. The zero-order valence-electron chi connectivity index (χ0n) is 11.2. The molecule has 2 aromatic carbocycles. The first kappa shape index (κ1) is 16.0. The van der Waals surface area contributed by atoms with Crippen molar-refractivity contribution < 1.29 is 16.8 Å². The first-order valence-electron chi connectivity index (χ1n) is 6.14. The van der Waals surface area contributed by atoms with E-state index in [0.29, 0.717) is 12.0 Å². The van der Waals surface area contributed by atoms with Gasteiger partial charge in [0.15, 0.2) is 0 Å². The number of hydrogen-bond acceptors (Lipinski definition) is 4. The van der Waals surface area contributed by atoms with Gasteiger partial charge in [-0.1, -0.05) is 31.2 Å². The van der Waals surface area contributed by atoms with Crippen LogP contribution in [-0.2, 0) is 25.3 Å². The van der Waals surface area contributed by atoms with E-state index < -0.39 is 18.9 Å². The average molecular weight is 345 g/mol. The van der Waals surface area contributed by atoms with E-state index in [4.69, 9.17) is 10.7 Å². The molecule has 112 valence electrons. The van der Waals surface area contributed by atoms with E-state index in [-0.39, 0.29) is 14.7 Å². The van der Waals surface area contributed by atoms with Crippen molar-refractivity contribution in [3.05, 3.63) is 54.1 Å². The topological polar surface area (TPSA) is 68.3 Å². The summed E-state index contributed by atoms with van der Waals surface area (Å²) >= 11 is 0. The Morgan fingerprint density at radius 2 is 1.52 bits per heavy atom. The van der Waals surface area contributed by atoms with E-state index in [1.807, 2.05) is 0 Å². The van der Waals surface area contributed by atoms with Crippen molar-refractivity contribution in [2.24, 2.45) is 0 Å². The number of aryl methyl sites for hydroxylation is 1. The predicted molar refractivity (Wildman–Crippen MR) is 80.8 cm³/mol. The maximum atomic E-state index is 12.5. The molecule has 0 saturated heterocycles. The Labute approximate surface area is 128 Å². The molecule has 0 aliphatic rings. The molecule has 0 aliphatic heterocycles. The fourth-order valence-electron chi connectivity index (χ4n) is 1.96. The summed E-state index contributed by atoms with van der Waals surface area (Å²) in [7, 11) is -2.38. The molecule has 2 rings (SSSR count). The van der Waals surface area contributed by atoms with Crippen molar-refractivity contribution in [1.29, 1.82) is 0 Å². The maximum absolute atomic E-state index is 12.5. The highest BCUT2D eigenvalue weighted by Gasteiger charge is 2.22. The second-order valence-corrected chi connectivity index (χ2v) is 8.86. The minimum Gasteiger partial charge on any atom is -0.219 e. The van der Waals surface area contributed by atoms with Gasteiger partial charge in [0.1, 0.15) is 0 Å². The van der Waals surface area contributed by atoms with E-state index in [9.17, 15) is 16.8 Å². The van der Waals surface area contributed by atoms with E-state index in [0.717, 1.165) is 6.07 Å². The third kappa shape index (κ3) is 3.28. The van der Waals surface area contributed by atoms with Crippen molar-refractivity contribution in [3.8, 4) is 0 Å². The van der Waals surface area contributed by atoms with Gasteiger partial charge in [0.2, 0.25) is 9.84 Å². The molecule has 0 aromatic heterocycles. The van der Waals surface area contributed by atoms with Gasteiger partial charge in [-0.05, 0) is 36.2 Å². The minimum absolute atomic E-state index is 0.0925. The molecule has 0 heterocycles. The van der Waals surface area contributed by atoms with Crippen LogP contribution in [0.1, 0.15) is 12.5 Å². The molecule has 0 unspecified atom stereocenters. The summed E-state index contributed by atoms with van der Waals surface area (Å²) in [5.41, 5.74) is 0.483. The molecule has 0 spiro atoms. The van der Waals surface area contributed by atoms with Crippen molar-refractivity contribution in [3.63, 3.8) is 0 Å². The van der Waals surface area contributed by atoms with Gasteiger partial charge in [-0.15, -0.1) is 0 Å². The molecular formula is C14H13ClO4S2. The second kappa shape index (κ2) is 5.79. The summed E-state index contributed by atoms with van der Waals surface area (Å²) in [6, 6.07) is 11.8. The Bertz CT molecular complexity index is 857. The van der Waals surface area contributed by atoms with Gasteiger partial charge in [-0.2, -0.15) is 0 Å². The minimum atomic E-state index is -4.00. The van der Waals surface area contributed by atoms with Crippen molar-refractivity contribution >= 4 is 29.6 Å². The molecule has 0 radical (unpaired) electrons. The smallest absolute Gasteiger partial charge is 0.219 e. The van der Waals surface area contributed by atoms with Gasteiger partial charge in [0, 0.05) is 10.7 Å². The fourth-order valence-corrected chi connectivity index (χ4v) is 4.56. The van der Waals surface area contributed by atoms with E-state index >= 15 is 0 Å². The van der Waals surface area contributed by atoms with Crippen LogP contribution in [-0.4, -0.2) is 16.8 Å². The van der Waals surface area contributed by atoms with Crippen LogP contribution in [0.5, 0.6) is 0 Å². The lowest BCUT2D eigenvalue weighted by Gasteiger charge is -2.09. The molecule has 0 fully saturated rings. The molecule has 21 heavy (non-hydrogen) atoms. The highest BCUT2D eigenvalue weighted by molar-refractivity contribution is 8.13. The SMILES string of the molecule is CCc1ccc(S(=O)(=O)c2ccccc2)cc1S(=O)(=O)Cl. The number of sulfone groups is 1. The number of hydrogen-bond donors (Lipinski definition) is 0. The quantitative estimate of drug-likeness (QED) is 0.799. The van der Waals surface area contributed by atoms with Crippen molar-refractivity contribution in [2.75, 3.05) is 0 Å². The first-order chi connectivity index (χ1) is 9.76. The summed E-state index contributed by atoms with van der Waals surface area (Å²) in [6.07, 6.45) is 0.437.